The van der Waals surface area contributed by atoms with Gasteiger partial charge in [-0.25, -0.2) is 4.98 Å². The highest BCUT2D eigenvalue weighted by atomic mass is 32.1. The molecule has 1 amide bonds. The summed E-state index contributed by atoms with van der Waals surface area (Å²) in [5.74, 6) is -0.139. The second kappa shape index (κ2) is 5.21. The van der Waals surface area contributed by atoms with Gasteiger partial charge in [0.25, 0.3) is 5.91 Å². The third kappa shape index (κ3) is 2.29. The molecule has 0 atom stereocenters. The molecule has 2 aromatic heterocycles. The molecular formula is C18H15N3OS. The first-order valence-electron chi connectivity index (χ1n) is 7.35. The number of aryl methyl sites for hydroxylation is 2. The summed E-state index contributed by atoms with van der Waals surface area (Å²) in [6, 6.07) is 15.9. The van der Waals surface area contributed by atoms with Crippen molar-refractivity contribution in [3.05, 3.63) is 59.8 Å². The molecule has 0 aliphatic carbocycles. The van der Waals surface area contributed by atoms with E-state index in [1.807, 2.05) is 67.1 Å². The van der Waals surface area contributed by atoms with Crippen LogP contribution >= 0.6 is 11.3 Å². The van der Waals surface area contributed by atoms with Crippen LogP contribution in [0.2, 0.25) is 0 Å². The molecule has 0 bridgehead atoms. The highest BCUT2D eigenvalue weighted by molar-refractivity contribution is 7.22. The van der Waals surface area contributed by atoms with E-state index in [4.69, 9.17) is 0 Å². The largest absolute Gasteiger partial charge is 0.340 e. The molecule has 23 heavy (non-hydrogen) atoms. The van der Waals surface area contributed by atoms with E-state index in [1.165, 1.54) is 11.3 Å². The molecule has 0 saturated heterocycles. The van der Waals surface area contributed by atoms with Crippen molar-refractivity contribution in [2.24, 2.45) is 7.05 Å². The number of hydrogen-bond acceptors (Lipinski definition) is 3. The molecule has 0 aliphatic rings. The molecule has 2 heterocycles. The monoisotopic (exact) mass is 321 g/mol. The number of thiazole rings is 1. The number of aromatic nitrogens is 2. The lowest BCUT2D eigenvalue weighted by atomic mass is 10.2. The predicted octanol–water partition coefficient (Wildman–Crippen LogP) is 4.35. The number of para-hydroxylation sites is 2. The molecule has 4 nitrogen and oxygen atoms in total. The predicted molar refractivity (Wildman–Crippen MR) is 95.2 cm³/mol. The van der Waals surface area contributed by atoms with Gasteiger partial charge in [-0.1, -0.05) is 41.7 Å². The van der Waals surface area contributed by atoms with Crippen molar-refractivity contribution in [2.45, 2.75) is 6.92 Å². The quantitative estimate of drug-likeness (QED) is 0.596. The number of rotatable bonds is 2. The summed E-state index contributed by atoms with van der Waals surface area (Å²) < 4.78 is 2.99. The van der Waals surface area contributed by atoms with Crippen molar-refractivity contribution < 1.29 is 4.79 Å². The fourth-order valence-corrected chi connectivity index (χ4v) is 3.75. The van der Waals surface area contributed by atoms with Crippen molar-refractivity contribution in [2.75, 3.05) is 5.32 Å². The van der Waals surface area contributed by atoms with Gasteiger partial charge < -0.3 is 4.57 Å². The number of fused-ring (bicyclic) bond motifs is 2. The van der Waals surface area contributed by atoms with Gasteiger partial charge in [0.15, 0.2) is 5.13 Å². The smallest absolute Gasteiger partial charge is 0.274 e. The van der Waals surface area contributed by atoms with Crippen LogP contribution in [0.15, 0.2) is 48.5 Å². The molecule has 2 aromatic carbocycles. The van der Waals surface area contributed by atoms with Gasteiger partial charge in [-0.2, -0.15) is 0 Å². The maximum Gasteiger partial charge on any atom is 0.274 e. The normalized spacial score (nSPS) is 11.2. The van der Waals surface area contributed by atoms with Crippen LogP contribution in [0.25, 0.3) is 21.1 Å². The maximum atomic E-state index is 12.6. The van der Waals surface area contributed by atoms with Gasteiger partial charge in [0.05, 0.1) is 10.2 Å². The molecule has 114 valence electrons. The molecular weight excluding hydrogens is 306 g/mol. The van der Waals surface area contributed by atoms with E-state index in [0.717, 1.165) is 26.7 Å². The lowest BCUT2D eigenvalue weighted by molar-refractivity contribution is 0.102. The molecule has 4 rings (SSSR count). The van der Waals surface area contributed by atoms with Gasteiger partial charge in [0.1, 0.15) is 5.69 Å². The van der Waals surface area contributed by atoms with E-state index in [2.05, 4.69) is 10.3 Å². The van der Waals surface area contributed by atoms with Crippen molar-refractivity contribution in [3.8, 4) is 0 Å². The van der Waals surface area contributed by atoms with E-state index in [-0.39, 0.29) is 5.91 Å². The Hall–Kier alpha value is -2.66. The molecule has 0 fully saturated rings. The molecule has 5 heteroatoms. The molecule has 0 aliphatic heterocycles. The summed E-state index contributed by atoms with van der Waals surface area (Å²) in [4.78, 5) is 17.1. The third-order valence-electron chi connectivity index (χ3n) is 4.03. The van der Waals surface area contributed by atoms with Gasteiger partial charge in [-0.3, -0.25) is 10.1 Å². The topological polar surface area (TPSA) is 46.9 Å². The van der Waals surface area contributed by atoms with Crippen molar-refractivity contribution >= 4 is 43.5 Å². The Kier molecular flexibility index (Phi) is 3.16. The summed E-state index contributed by atoms with van der Waals surface area (Å²) in [5, 5.41) is 4.61. The lowest BCUT2D eigenvalue weighted by Crippen LogP contribution is -2.15. The third-order valence-corrected chi connectivity index (χ3v) is 4.96. The van der Waals surface area contributed by atoms with Crippen molar-refractivity contribution in [1.29, 1.82) is 0 Å². The van der Waals surface area contributed by atoms with E-state index < -0.39 is 0 Å². The average molecular weight is 321 g/mol. The van der Waals surface area contributed by atoms with Crippen LogP contribution in [0, 0.1) is 6.92 Å². The standard InChI is InChI=1S/C18H15N3OS/c1-11-6-5-9-15-16(11)19-18(23-15)20-17(22)14-10-12-7-3-4-8-13(12)21(14)2/h3-10H,1-2H3,(H,19,20,22). The van der Waals surface area contributed by atoms with E-state index >= 15 is 0 Å². The van der Waals surface area contributed by atoms with Crippen LogP contribution in [0.4, 0.5) is 5.13 Å². The minimum Gasteiger partial charge on any atom is -0.340 e. The van der Waals surface area contributed by atoms with E-state index in [1.54, 1.807) is 0 Å². The second-order valence-electron chi connectivity index (χ2n) is 5.54. The number of nitrogens with one attached hydrogen (secondary N) is 1. The second-order valence-corrected chi connectivity index (χ2v) is 6.57. The first-order chi connectivity index (χ1) is 11.1. The lowest BCUT2D eigenvalue weighted by Gasteiger charge is -2.03. The van der Waals surface area contributed by atoms with Crippen LogP contribution < -0.4 is 5.32 Å². The molecule has 4 aromatic rings. The van der Waals surface area contributed by atoms with Crippen molar-refractivity contribution in [3.63, 3.8) is 0 Å². The molecule has 0 saturated carbocycles. The molecule has 1 N–H and O–H groups in total. The van der Waals surface area contributed by atoms with Gasteiger partial charge >= 0.3 is 0 Å². The molecule has 0 radical (unpaired) electrons. The van der Waals surface area contributed by atoms with Crippen LogP contribution in [0.1, 0.15) is 16.1 Å². The Balaban J connectivity index is 1.70. The fourth-order valence-electron chi connectivity index (χ4n) is 2.81. The Morgan fingerprint density at radius 2 is 2.00 bits per heavy atom. The highest BCUT2D eigenvalue weighted by Gasteiger charge is 2.15. The van der Waals surface area contributed by atoms with Crippen LogP contribution in [-0.4, -0.2) is 15.5 Å². The van der Waals surface area contributed by atoms with Crippen molar-refractivity contribution in [1.82, 2.24) is 9.55 Å². The molecule has 0 unspecified atom stereocenters. The zero-order valence-corrected chi connectivity index (χ0v) is 13.6. The summed E-state index contributed by atoms with van der Waals surface area (Å²) in [6.07, 6.45) is 0. The highest BCUT2D eigenvalue weighted by Crippen LogP contribution is 2.28. The van der Waals surface area contributed by atoms with E-state index in [0.29, 0.717) is 10.8 Å². The van der Waals surface area contributed by atoms with Crippen LogP contribution in [-0.2, 0) is 7.05 Å². The Morgan fingerprint density at radius 3 is 2.78 bits per heavy atom. The summed E-state index contributed by atoms with van der Waals surface area (Å²) in [5.41, 5.74) is 3.73. The minimum absolute atomic E-state index is 0.139. The fraction of sp³-hybridized carbons (Fsp3) is 0.111. The number of hydrogen-bond donors (Lipinski definition) is 1. The number of carbonyl (C=O) groups excluding carboxylic acids is 1. The molecule has 0 spiro atoms. The Morgan fingerprint density at radius 1 is 1.17 bits per heavy atom. The van der Waals surface area contributed by atoms with E-state index in [9.17, 15) is 4.79 Å². The zero-order valence-electron chi connectivity index (χ0n) is 12.8. The Labute approximate surface area is 137 Å². The van der Waals surface area contributed by atoms with Crippen LogP contribution in [0.5, 0.6) is 0 Å². The summed E-state index contributed by atoms with van der Waals surface area (Å²) in [6.45, 7) is 2.03. The maximum absolute atomic E-state index is 12.6. The van der Waals surface area contributed by atoms with Gasteiger partial charge in [-0.15, -0.1) is 0 Å². The summed E-state index contributed by atoms with van der Waals surface area (Å²) in [7, 11) is 1.90. The average Bonchev–Trinajstić information content (AvgIpc) is 3.10. The number of benzene rings is 2. The number of anilines is 1. The SMILES string of the molecule is Cc1cccc2sc(NC(=O)c3cc4ccccc4n3C)nc12. The number of carbonyl (C=O) groups is 1. The summed E-state index contributed by atoms with van der Waals surface area (Å²) >= 11 is 1.49. The Bertz CT molecular complexity index is 1040. The first kappa shape index (κ1) is 14.0. The first-order valence-corrected chi connectivity index (χ1v) is 8.17. The number of nitrogens with zero attached hydrogens (tertiary/aromatic N) is 2. The van der Waals surface area contributed by atoms with Crippen LogP contribution in [0.3, 0.4) is 0 Å². The van der Waals surface area contributed by atoms with Gasteiger partial charge in [0.2, 0.25) is 0 Å². The number of amides is 1. The van der Waals surface area contributed by atoms with Gasteiger partial charge in [-0.05, 0) is 30.7 Å². The zero-order chi connectivity index (χ0) is 16.0. The minimum atomic E-state index is -0.139. The van der Waals surface area contributed by atoms with Gasteiger partial charge in [0, 0.05) is 18.0 Å².